The van der Waals surface area contributed by atoms with Crippen LogP contribution in [0.5, 0.6) is 0 Å². The first-order chi connectivity index (χ1) is 13.0. The van der Waals surface area contributed by atoms with Gasteiger partial charge >= 0.3 is 5.97 Å². The highest BCUT2D eigenvalue weighted by Crippen LogP contribution is 2.48. The molecule has 0 aliphatic carbocycles. The Morgan fingerprint density at radius 3 is 2.78 bits per heavy atom. The molecule has 7 nitrogen and oxygen atoms in total. The molecule has 0 radical (unpaired) electrons. The number of para-hydroxylation sites is 1. The van der Waals surface area contributed by atoms with Crippen LogP contribution in [-0.4, -0.2) is 31.7 Å². The molecule has 2 aliphatic rings. The van der Waals surface area contributed by atoms with Crippen LogP contribution in [0, 0.1) is 5.82 Å². The second-order valence-corrected chi connectivity index (χ2v) is 6.55. The summed E-state index contributed by atoms with van der Waals surface area (Å²) in [4.78, 5) is 30.7. The zero-order chi connectivity index (χ0) is 18.8. The van der Waals surface area contributed by atoms with Crippen molar-refractivity contribution < 1.29 is 19.1 Å². The lowest BCUT2D eigenvalue weighted by Crippen LogP contribution is -2.56. The van der Waals surface area contributed by atoms with Crippen LogP contribution in [0.1, 0.15) is 12.8 Å². The van der Waals surface area contributed by atoms with Gasteiger partial charge in [0.25, 0.3) is 0 Å². The number of nitrogens with zero attached hydrogens (tertiary/aromatic N) is 4. The maximum atomic E-state index is 13.6. The maximum Gasteiger partial charge on any atom is 0.353 e. The molecule has 0 unspecified atom stereocenters. The van der Waals surface area contributed by atoms with Crippen molar-refractivity contribution in [3.05, 3.63) is 54.3 Å². The van der Waals surface area contributed by atoms with Gasteiger partial charge in [0.2, 0.25) is 11.6 Å². The Hall–Kier alpha value is -3.55. The van der Waals surface area contributed by atoms with Crippen molar-refractivity contribution in [2.45, 2.75) is 18.5 Å². The molecule has 3 aromatic rings. The third-order valence-electron chi connectivity index (χ3n) is 5.08. The van der Waals surface area contributed by atoms with Crippen LogP contribution in [0.4, 0.5) is 10.1 Å². The van der Waals surface area contributed by atoms with Crippen molar-refractivity contribution in [1.82, 2.24) is 14.8 Å². The largest absolute Gasteiger partial charge is 0.478 e. The highest BCUT2D eigenvalue weighted by molar-refractivity contribution is 6.07. The fourth-order valence-electron chi connectivity index (χ4n) is 3.89. The maximum absolute atomic E-state index is 13.6. The molecule has 1 aromatic heterocycles. The first-order valence-corrected chi connectivity index (χ1v) is 8.42. The van der Waals surface area contributed by atoms with E-state index in [0.29, 0.717) is 22.6 Å². The van der Waals surface area contributed by atoms with Gasteiger partial charge in [-0.25, -0.2) is 18.9 Å². The van der Waals surface area contributed by atoms with Gasteiger partial charge in [0, 0.05) is 24.0 Å². The summed E-state index contributed by atoms with van der Waals surface area (Å²) in [5, 5.41) is 14.5. The van der Waals surface area contributed by atoms with Gasteiger partial charge in [-0.3, -0.25) is 9.69 Å². The molecule has 27 heavy (non-hydrogen) atoms. The number of carboxylic acids is 1. The molecule has 0 bridgehead atoms. The summed E-state index contributed by atoms with van der Waals surface area (Å²) in [7, 11) is 0. The normalized spacial score (nSPS) is 20.2. The lowest BCUT2D eigenvalue weighted by molar-refractivity contribution is -0.148. The number of anilines is 1. The minimum atomic E-state index is -1.67. The Balaban J connectivity index is 1.83. The Morgan fingerprint density at radius 2 is 2.00 bits per heavy atom. The van der Waals surface area contributed by atoms with Crippen molar-refractivity contribution in [3.8, 4) is 22.8 Å². The van der Waals surface area contributed by atoms with Crippen molar-refractivity contribution in [3.63, 3.8) is 0 Å². The summed E-state index contributed by atoms with van der Waals surface area (Å²) >= 11 is 0. The number of aromatic nitrogens is 3. The number of hydrogen-bond donors (Lipinski definition) is 1. The molecular formula is C19H13FN4O3. The molecular weight excluding hydrogens is 351 g/mol. The lowest BCUT2D eigenvalue weighted by atomic mass is 10.0. The van der Waals surface area contributed by atoms with E-state index in [9.17, 15) is 19.1 Å². The van der Waals surface area contributed by atoms with E-state index < -0.39 is 17.4 Å². The van der Waals surface area contributed by atoms with Crippen LogP contribution >= 0.6 is 0 Å². The molecule has 1 saturated heterocycles. The van der Waals surface area contributed by atoms with E-state index in [4.69, 9.17) is 0 Å². The van der Waals surface area contributed by atoms with Gasteiger partial charge in [-0.15, -0.1) is 5.10 Å². The summed E-state index contributed by atoms with van der Waals surface area (Å²) in [5.41, 5.74) is -0.127. The highest BCUT2D eigenvalue weighted by atomic mass is 19.1. The average Bonchev–Trinajstić information content (AvgIpc) is 3.25. The summed E-state index contributed by atoms with van der Waals surface area (Å²) < 4.78 is 14.9. The summed E-state index contributed by atoms with van der Waals surface area (Å²) in [5.74, 6) is -1.34. The van der Waals surface area contributed by atoms with E-state index in [1.165, 1.54) is 27.8 Å². The predicted octanol–water partition coefficient (Wildman–Crippen LogP) is 2.63. The summed E-state index contributed by atoms with van der Waals surface area (Å²) in [6.07, 6.45) is 0.170. The Kier molecular flexibility index (Phi) is 3.04. The van der Waals surface area contributed by atoms with E-state index in [2.05, 4.69) is 10.1 Å². The van der Waals surface area contributed by atoms with Crippen LogP contribution in [0.2, 0.25) is 0 Å². The number of amides is 1. The predicted molar refractivity (Wildman–Crippen MR) is 93.2 cm³/mol. The number of carboxylic acid groups (broad SMARTS) is 1. The minimum absolute atomic E-state index is 0.0778. The van der Waals surface area contributed by atoms with E-state index in [1.807, 2.05) is 0 Å². The van der Waals surface area contributed by atoms with Crippen LogP contribution in [-0.2, 0) is 15.3 Å². The Morgan fingerprint density at radius 1 is 1.19 bits per heavy atom. The quantitative estimate of drug-likeness (QED) is 0.755. The first-order valence-electron chi connectivity index (χ1n) is 8.42. The van der Waals surface area contributed by atoms with Crippen LogP contribution in [0.3, 0.4) is 0 Å². The fourth-order valence-corrected chi connectivity index (χ4v) is 3.89. The number of fused-ring (bicyclic) bond motifs is 6. The molecule has 2 aromatic carbocycles. The van der Waals surface area contributed by atoms with Crippen molar-refractivity contribution in [2.75, 3.05) is 4.90 Å². The van der Waals surface area contributed by atoms with Gasteiger partial charge in [-0.1, -0.05) is 24.3 Å². The monoisotopic (exact) mass is 364 g/mol. The Labute approximate surface area is 152 Å². The number of aliphatic carboxylic acids is 1. The average molecular weight is 364 g/mol. The molecule has 134 valence electrons. The van der Waals surface area contributed by atoms with Gasteiger partial charge in [0.05, 0.1) is 5.69 Å². The van der Waals surface area contributed by atoms with E-state index in [1.54, 1.807) is 30.3 Å². The molecule has 5 rings (SSSR count). The zero-order valence-corrected chi connectivity index (χ0v) is 14.0. The second kappa shape index (κ2) is 5.23. The number of benzene rings is 2. The molecule has 1 N–H and O–H groups in total. The fraction of sp³-hybridized carbons (Fsp3) is 0.158. The van der Waals surface area contributed by atoms with Gasteiger partial charge in [0.1, 0.15) is 5.82 Å². The number of carbonyl (C=O) groups is 2. The van der Waals surface area contributed by atoms with Crippen molar-refractivity contribution in [2.24, 2.45) is 0 Å². The van der Waals surface area contributed by atoms with Gasteiger partial charge in [-0.2, -0.15) is 0 Å². The molecule has 0 saturated carbocycles. The molecule has 1 fully saturated rings. The molecule has 0 spiro atoms. The van der Waals surface area contributed by atoms with E-state index >= 15 is 0 Å². The van der Waals surface area contributed by atoms with Crippen molar-refractivity contribution >= 4 is 17.6 Å². The smallest absolute Gasteiger partial charge is 0.353 e. The molecule has 1 atom stereocenters. The van der Waals surface area contributed by atoms with Crippen LogP contribution in [0.15, 0.2) is 48.5 Å². The highest BCUT2D eigenvalue weighted by Gasteiger charge is 2.58. The summed E-state index contributed by atoms with van der Waals surface area (Å²) in [6.45, 7) is 0. The van der Waals surface area contributed by atoms with Gasteiger partial charge in [-0.05, 0) is 24.3 Å². The lowest BCUT2D eigenvalue weighted by Gasteiger charge is -2.39. The van der Waals surface area contributed by atoms with Crippen molar-refractivity contribution in [1.29, 1.82) is 0 Å². The van der Waals surface area contributed by atoms with Gasteiger partial charge in [0.15, 0.2) is 11.6 Å². The Bertz CT molecular complexity index is 1130. The standard InChI is InChI=1S/C19H13FN4O3/c20-12-5-3-4-11(10-12)16-21-17-13-6-1-2-7-14(13)23-15(25)8-9-19(23,18(26)27)24(17)22-16/h1-7,10H,8-9H2,(H,26,27)/t19-/m0/s1. The third-order valence-corrected chi connectivity index (χ3v) is 5.08. The topological polar surface area (TPSA) is 88.3 Å². The van der Waals surface area contributed by atoms with Crippen LogP contribution in [0.25, 0.3) is 22.8 Å². The summed E-state index contributed by atoms with van der Waals surface area (Å²) in [6, 6.07) is 12.8. The molecule has 2 aliphatic heterocycles. The minimum Gasteiger partial charge on any atom is -0.478 e. The third kappa shape index (κ3) is 1.95. The van der Waals surface area contributed by atoms with Crippen LogP contribution < -0.4 is 4.90 Å². The second-order valence-electron chi connectivity index (χ2n) is 6.55. The number of carbonyl (C=O) groups excluding carboxylic acids is 1. The number of hydrogen-bond acceptors (Lipinski definition) is 4. The van der Waals surface area contributed by atoms with Gasteiger partial charge < -0.3 is 5.11 Å². The number of rotatable bonds is 2. The zero-order valence-electron chi connectivity index (χ0n) is 14.0. The van der Waals surface area contributed by atoms with E-state index in [-0.39, 0.29) is 24.6 Å². The molecule has 1 amide bonds. The SMILES string of the molecule is O=C1CC[C@]2(C(=O)O)N1c1ccccc1-c1nc(-c3cccc(F)c3)nn12. The first kappa shape index (κ1) is 15.7. The molecule has 3 heterocycles. The number of halogens is 1. The molecule has 8 heteroatoms. The van der Waals surface area contributed by atoms with E-state index in [0.717, 1.165) is 0 Å².